The number of sulfonamides is 1. The highest BCUT2D eigenvalue weighted by atomic mass is 32.2. The number of piperazine rings is 1. The number of hydrogen-bond donors (Lipinski definition) is 1. The van der Waals surface area contributed by atoms with E-state index >= 15 is 0 Å². The van der Waals surface area contributed by atoms with E-state index in [9.17, 15) is 21.6 Å². The zero-order chi connectivity index (χ0) is 19.7. The van der Waals surface area contributed by atoms with E-state index in [0.29, 0.717) is 26.2 Å². The fourth-order valence-electron chi connectivity index (χ4n) is 3.18. The van der Waals surface area contributed by atoms with Crippen LogP contribution in [0.3, 0.4) is 0 Å². The number of rotatable bonds is 4. The monoisotopic (exact) mass is 399 g/mol. The second kappa shape index (κ2) is 7.61. The Morgan fingerprint density at radius 2 is 1.52 bits per heavy atom. The average molecular weight is 399 g/mol. The van der Waals surface area contributed by atoms with E-state index in [1.165, 1.54) is 20.3 Å². The lowest BCUT2D eigenvalue weighted by Crippen LogP contribution is -3.13. The van der Waals surface area contributed by atoms with Crippen molar-refractivity contribution in [3.63, 3.8) is 0 Å². The van der Waals surface area contributed by atoms with Crippen LogP contribution in [0.15, 0.2) is 53.4 Å². The van der Waals surface area contributed by atoms with Crippen molar-refractivity contribution < 1.29 is 26.5 Å². The third-order valence-electron chi connectivity index (χ3n) is 4.82. The van der Waals surface area contributed by atoms with Gasteiger partial charge in [0.2, 0.25) is 10.0 Å². The molecule has 0 radical (unpaired) electrons. The van der Waals surface area contributed by atoms with Gasteiger partial charge in [-0.15, -0.1) is 0 Å². The highest BCUT2D eigenvalue weighted by Crippen LogP contribution is 2.30. The summed E-state index contributed by atoms with van der Waals surface area (Å²) in [6.07, 6.45) is -4.48. The van der Waals surface area contributed by atoms with Gasteiger partial charge in [0.05, 0.1) is 36.6 Å². The van der Waals surface area contributed by atoms with E-state index in [1.807, 2.05) is 6.92 Å². The fraction of sp³-hybridized carbons (Fsp3) is 0.368. The van der Waals surface area contributed by atoms with Crippen molar-refractivity contribution in [2.75, 3.05) is 26.2 Å². The number of hydrogen-bond acceptors (Lipinski definition) is 2. The third kappa shape index (κ3) is 4.69. The second-order valence-electron chi connectivity index (χ2n) is 6.84. The summed E-state index contributed by atoms with van der Waals surface area (Å²) in [5.41, 5.74) is 1.55. The topological polar surface area (TPSA) is 41.8 Å². The van der Waals surface area contributed by atoms with Crippen LogP contribution in [0, 0.1) is 6.92 Å². The van der Waals surface area contributed by atoms with Crippen molar-refractivity contribution >= 4 is 10.0 Å². The smallest absolute Gasteiger partial charge is 0.329 e. The minimum atomic E-state index is -4.48. The zero-order valence-electron chi connectivity index (χ0n) is 15.0. The van der Waals surface area contributed by atoms with Gasteiger partial charge in [0, 0.05) is 5.56 Å². The maximum absolute atomic E-state index is 12.7. The largest absolute Gasteiger partial charge is 0.416 e. The van der Waals surface area contributed by atoms with Crippen LogP contribution < -0.4 is 4.90 Å². The summed E-state index contributed by atoms with van der Waals surface area (Å²) in [7, 11) is -3.77. The number of nitrogens with zero attached hydrogens (tertiary/aromatic N) is 1. The van der Waals surface area contributed by atoms with Crippen molar-refractivity contribution in [3.8, 4) is 0 Å². The SMILES string of the molecule is Cc1ccc(C[NH+]2CCN(S(=O)(=O)c3ccc(C(F)(F)F)cc3)CC2)cc1. The molecule has 1 aliphatic heterocycles. The minimum absolute atomic E-state index is 0.0996. The van der Waals surface area contributed by atoms with Crippen LogP contribution >= 0.6 is 0 Å². The Labute approximate surface area is 157 Å². The Kier molecular flexibility index (Phi) is 5.60. The number of nitrogens with one attached hydrogen (secondary N) is 1. The van der Waals surface area contributed by atoms with Crippen LogP contribution in [0.2, 0.25) is 0 Å². The Balaban J connectivity index is 1.63. The van der Waals surface area contributed by atoms with E-state index in [0.717, 1.165) is 30.8 Å². The summed E-state index contributed by atoms with van der Waals surface area (Å²) in [5, 5.41) is 0. The number of quaternary nitrogens is 1. The van der Waals surface area contributed by atoms with Gasteiger partial charge < -0.3 is 4.90 Å². The quantitative estimate of drug-likeness (QED) is 0.856. The molecule has 146 valence electrons. The number of benzene rings is 2. The molecule has 3 rings (SSSR count). The van der Waals surface area contributed by atoms with E-state index < -0.39 is 21.8 Å². The molecule has 0 atom stereocenters. The second-order valence-corrected chi connectivity index (χ2v) is 8.78. The molecule has 1 fully saturated rings. The van der Waals surface area contributed by atoms with Gasteiger partial charge in [0.25, 0.3) is 0 Å². The summed E-state index contributed by atoms with van der Waals surface area (Å²) >= 11 is 0. The van der Waals surface area contributed by atoms with Crippen molar-refractivity contribution in [2.45, 2.75) is 24.5 Å². The minimum Gasteiger partial charge on any atom is -0.329 e. The van der Waals surface area contributed by atoms with Gasteiger partial charge in [0.1, 0.15) is 6.54 Å². The number of aryl methyl sites for hydroxylation is 1. The van der Waals surface area contributed by atoms with Gasteiger partial charge >= 0.3 is 6.18 Å². The molecule has 1 aliphatic rings. The molecule has 4 nitrogen and oxygen atoms in total. The van der Waals surface area contributed by atoms with Crippen LogP contribution in [0.5, 0.6) is 0 Å². The van der Waals surface area contributed by atoms with Crippen LogP contribution in [-0.2, 0) is 22.7 Å². The molecule has 0 aliphatic carbocycles. The van der Waals surface area contributed by atoms with Gasteiger partial charge in [-0.3, -0.25) is 0 Å². The van der Waals surface area contributed by atoms with Gasteiger partial charge in [-0.1, -0.05) is 29.8 Å². The summed E-state index contributed by atoms with van der Waals surface area (Å²) < 4.78 is 64.7. The molecule has 2 aromatic rings. The normalized spacial score (nSPS) is 17.2. The van der Waals surface area contributed by atoms with Crippen molar-refractivity contribution in [1.82, 2.24) is 4.31 Å². The van der Waals surface area contributed by atoms with Crippen LogP contribution in [0.25, 0.3) is 0 Å². The van der Waals surface area contributed by atoms with Crippen LogP contribution in [0.1, 0.15) is 16.7 Å². The van der Waals surface area contributed by atoms with Gasteiger partial charge in [-0.2, -0.15) is 17.5 Å². The van der Waals surface area contributed by atoms with Crippen molar-refractivity contribution in [2.24, 2.45) is 0 Å². The molecule has 0 unspecified atom stereocenters. The Morgan fingerprint density at radius 3 is 2.04 bits per heavy atom. The first-order valence-electron chi connectivity index (χ1n) is 8.73. The Hall–Kier alpha value is -1.90. The summed E-state index contributed by atoms with van der Waals surface area (Å²) in [4.78, 5) is 1.19. The highest BCUT2D eigenvalue weighted by Gasteiger charge is 2.33. The summed E-state index contributed by atoms with van der Waals surface area (Å²) in [6, 6.07) is 12.0. The van der Waals surface area contributed by atoms with Gasteiger partial charge in [-0.25, -0.2) is 8.42 Å². The fourth-order valence-corrected chi connectivity index (χ4v) is 4.62. The third-order valence-corrected chi connectivity index (χ3v) is 6.74. The molecule has 8 heteroatoms. The summed E-state index contributed by atoms with van der Waals surface area (Å²) in [6.45, 7) is 4.88. The van der Waals surface area contributed by atoms with Crippen LogP contribution in [0.4, 0.5) is 13.2 Å². The maximum Gasteiger partial charge on any atom is 0.416 e. The predicted octanol–water partition coefficient (Wildman–Crippen LogP) is 2.10. The van der Waals surface area contributed by atoms with E-state index in [-0.39, 0.29) is 4.90 Å². The van der Waals surface area contributed by atoms with Gasteiger partial charge in [0.15, 0.2) is 0 Å². The molecule has 2 aromatic carbocycles. The standard InChI is InChI=1S/C19H21F3N2O2S/c1-15-2-4-16(5-3-15)14-23-10-12-24(13-11-23)27(25,26)18-8-6-17(7-9-18)19(20,21)22/h2-9H,10-14H2,1H3/p+1. The average Bonchev–Trinajstić information content (AvgIpc) is 2.63. The molecule has 0 amide bonds. The van der Waals surface area contributed by atoms with Crippen LogP contribution in [-0.4, -0.2) is 38.9 Å². The molecule has 1 heterocycles. The zero-order valence-corrected chi connectivity index (χ0v) is 15.8. The first kappa shape index (κ1) is 19.9. The lowest BCUT2D eigenvalue weighted by Gasteiger charge is -2.31. The van der Waals surface area contributed by atoms with Crippen molar-refractivity contribution in [1.29, 1.82) is 0 Å². The highest BCUT2D eigenvalue weighted by molar-refractivity contribution is 7.89. The molecule has 27 heavy (non-hydrogen) atoms. The van der Waals surface area contributed by atoms with E-state index in [4.69, 9.17) is 0 Å². The number of alkyl halides is 3. The number of halogens is 3. The molecular weight excluding hydrogens is 377 g/mol. The molecule has 0 aromatic heterocycles. The first-order chi connectivity index (χ1) is 12.7. The molecular formula is C19H22F3N2O2S+. The van der Waals surface area contributed by atoms with E-state index in [2.05, 4.69) is 24.3 Å². The Bertz CT molecular complexity index is 871. The van der Waals surface area contributed by atoms with Gasteiger partial charge in [-0.05, 0) is 31.2 Å². The lowest BCUT2D eigenvalue weighted by atomic mass is 10.1. The first-order valence-corrected chi connectivity index (χ1v) is 10.2. The molecule has 1 N–H and O–H groups in total. The molecule has 0 spiro atoms. The Morgan fingerprint density at radius 1 is 0.963 bits per heavy atom. The predicted molar refractivity (Wildman–Crippen MR) is 95.8 cm³/mol. The molecule has 1 saturated heterocycles. The van der Waals surface area contributed by atoms with Crippen molar-refractivity contribution in [3.05, 3.63) is 65.2 Å². The summed E-state index contributed by atoms with van der Waals surface area (Å²) in [5.74, 6) is 0. The lowest BCUT2D eigenvalue weighted by molar-refractivity contribution is -0.917. The molecule has 0 saturated carbocycles. The van der Waals surface area contributed by atoms with E-state index in [1.54, 1.807) is 0 Å². The maximum atomic E-state index is 12.7. The molecule has 0 bridgehead atoms.